The highest BCUT2D eigenvalue weighted by Crippen LogP contribution is 2.02. The number of carboxylic acid groups (broad SMARTS) is 1. The predicted octanol–water partition coefficient (Wildman–Crippen LogP) is -0.268. The fourth-order valence-electron chi connectivity index (χ4n) is 0.606. The number of nitrogens with zero attached hydrogens (tertiary/aromatic N) is 1. The highest BCUT2D eigenvalue weighted by molar-refractivity contribution is 5.94. The van der Waals surface area contributed by atoms with Crippen molar-refractivity contribution < 1.29 is 19.2 Å². The van der Waals surface area contributed by atoms with E-state index < -0.39 is 11.9 Å². The van der Waals surface area contributed by atoms with E-state index in [4.69, 9.17) is 5.11 Å². The van der Waals surface area contributed by atoms with Crippen LogP contribution in [0.1, 0.15) is 21.0 Å². The summed E-state index contributed by atoms with van der Waals surface area (Å²) in [5, 5.41) is 13.8. The molecule has 0 spiro atoms. The van der Waals surface area contributed by atoms with E-state index >= 15 is 0 Å². The molecule has 0 aromatic carbocycles. The van der Waals surface area contributed by atoms with Crippen LogP contribution in [-0.2, 0) is 0 Å². The first-order valence-corrected chi connectivity index (χ1v) is 3.07. The molecule has 0 saturated carbocycles. The molecule has 0 aliphatic rings. The first-order chi connectivity index (χ1) is 5.65. The number of carboxylic acids is 1. The van der Waals surface area contributed by atoms with Gasteiger partial charge in [0.2, 0.25) is 5.76 Å². The van der Waals surface area contributed by atoms with E-state index in [1.54, 1.807) is 0 Å². The third kappa shape index (κ3) is 1.42. The van der Waals surface area contributed by atoms with Crippen LogP contribution in [-0.4, -0.2) is 29.2 Å². The third-order valence-corrected chi connectivity index (χ3v) is 1.18. The second-order valence-corrected chi connectivity index (χ2v) is 1.96. The monoisotopic (exact) mass is 170 g/mol. The van der Waals surface area contributed by atoms with Crippen LogP contribution in [0.2, 0.25) is 0 Å². The highest BCUT2D eigenvalue weighted by atomic mass is 16.5. The Labute approximate surface area is 67.2 Å². The van der Waals surface area contributed by atoms with Gasteiger partial charge >= 0.3 is 5.97 Å². The van der Waals surface area contributed by atoms with Gasteiger partial charge in [-0.15, -0.1) is 0 Å². The molecule has 0 aliphatic carbocycles. The van der Waals surface area contributed by atoms with Crippen molar-refractivity contribution in [2.75, 3.05) is 7.05 Å². The van der Waals surface area contributed by atoms with Gasteiger partial charge in [0.25, 0.3) is 5.91 Å². The van der Waals surface area contributed by atoms with Gasteiger partial charge in [0.1, 0.15) is 0 Å². The molecule has 1 rings (SSSR count). The number of amides is 1. The lowest BCUT2D eigenvalue weighted by Gasteiger charge is -1.88. The van der Waals surface area contributed by atoms with Crippen LogP contribution in [0.4, 0.5) is 0 Å². The molecular weight excluding hydrogens is 164 g/mol. The Kier molecular flexibility index (Phi) is 2.09. The molecule has 0 radical (unpaired) electrons. The maximum Gasteiger partial charge on any atom is 0.358 e. The van der Waals surface area contributed by atoms with Crippen molar-refractivity contribution in [2.45, 2.75) is 0 Å². The normalized spacial score (nSPS) is 9.42. The molecule has 1 heterocycles. The van der Waals surface area contributed by atoms with E-state index in [1.165, 1.54) is 7.05 Å². The Morgan fingerprint density at radius 3 is 2.75 bits per heavy atom. The van der Waals surface area contributed by atoms with E-state index in [9.17, 15) is 9.59 Å². The minimum atomic E-state index is -1.23. The summed E-state index contributed by atoms with van der Waals surface area (Å²) in [6, 6.07) is 1.06. The van der Waals surface area contributed by atoms with E-state index in [1.807, 2.05) is 0 Å². The average molecular weight is 170 g/mol. The molecule has 1 amide bonds. The van der Waals surface area contributed by atoms with Crippen molar-refractivity contribution in [3.05, 3.63) is 17.5 Å². The Hall–Kier alpha value is -1.85. The van der Waals surface area contributed by atoms with Gasteiger partial charge in [0, 0.05) is 13.1 Å². The molecule has 12 heavy (non-hydrogen) atoms. The van der Waals surface area contributed by atoms with Crippen molar-refractivity contribution in [3.63, 3.8) is 0 Å². The summed E-state index contributed by atoms with van der Waals surface area (Å²) < 4.78 is 4.44. The third-order valence-electron chi connectivity index (χ3n) is 1.18. The first kappa shape index (κ1) is 8.25. The Bertz CT molecular complexity index is 317. The number of carbonyl (C=O) groups excluding carboxylic acids is 1. The van der Waals surface area contributed by atoms with Gasteiger partial charge in [0.05, 0.1) is 0 Å². The smallest absolute Gasteiger partial charge is 0.358 e. The number of hydrogen-bond donors (Lipinski definition) is 2. The molecule has 0 bridgehead atoms. The summed E-state index contributed by atoms with van der Waals surface area (Å²) in [6.07, 6.45) is 0. The summed E-state index contributed by atoms with van der Waals surface area (Å²) in [5.74, 6) is -1.85. The van der Waals surface area contributed by atoms with Gasteiger partial charge in [-0.3, -0.25) is 4.79 Å². The zero-order valence-corrected chi connectivity index (χ0v) is 6.20. The molecule has 1 aromatic rings. The zero-order valence-electron chi connectivity index (χ0n) is 6.20. The molecule has 64 valence electrons. The number of rotatable bonds is 2. The molecule has 6 heteroatoms. The second-order valence-electron chi connectivity index (χ2n) is 1.96. The van der Waals surface area contributed by atoms with Gasteiger partial charge in [-0.1, -0.05) is 5.16 Å². The summed E-state index contributed by atoms with van der Waals surface area (Å²) in [6.45, 7) is 0. The summed E-state index contributed by atoms with van der Waals surface area (Å²) in [5.41, 5.74) is -0.284. The van der Waals surface area contributed by atoms with Crippen LogP contribution < -0.4 is 5.32 Å². The summed E-state index contributed by atoms with van der Waals surface area (Å²) in [7, 11) is 1.41. The number of aromatic carboxylic acids is 1. The predicted molar refractivity (Wildman–Crippen MR) is 36.9 cm³/mol. The van der Waals surface area contributed by atoms with Crippen molar-refractivity contribution in [1.82, 2.24) is 10.5 Å². The molecule has 1 aromatic heterocycles. The van der Waals surface area contributed by atoms with Gasteiger partial charge in [-0.05, 0) is 0 Å². The Balaban J connectivity index is 2.91. The minimum Gasteiger partial charge on any atom is -0.476 e. The van der Waals surface area contributed by atoms with Crippen molar-refractivity contribution in [2.24, 2.45) is 0 Å². The van der Waals surface area contributed by atoms with Crippen molar-refractivity contribution in [1.29, 1.82) is 0 Å². The molecular formula is C6H6N2O4. The first-order valence-electron chi connectivity index (χ1n) is 3.07. The summed E-state index contributed by atoms with van der Waals surface area (Å²) >= 11 is 0. The maximum absolute atomic E-state index is 10.8. The SMILES string of the molecule is CNC(=O)c1cc(C(=O)O)no1. The molecule has 6 nitrogen and oxygen atoms in total. The van der Waals surface area contributed by atoms with Crippen LogP contribution in [0.25, 0.3) is 0 Å². The van der Waals surface area contributed by atoms with Gasteiger partial charge in [-0.25, -0.2) is 4.79 Å². The summed E-state index contributed by atoms with van der Waals surface area (Å²) in [4.78, 5) is 21.1. The number of hydrogen-bond acceptors (Lipinski definition) is 4. The van der Waals surface area contributed by atoms with E-state index in [-0.39, 0.29) is 11.5 Å². The lowest BCUT2D eigenvalue weighted by Crippen LogP contribution is -2.16. The number of aromatic nitrogens is 1. The molecule has 0 saturated heterocycles. The average Bonchev–Trinajstić information content (AvgIpc) is 2.51. The van der Waals surface area contributed by atoms with E-state index in [2.05, 4.69) is 15.0 Å². The van der Waals surface area contributed by atoms with Crippen LogP contribution in [0, 0.1) is 0 Å². The maximum atomic E-state index is 10.8. The number of nitrogens with one attached hydrogen (secondary N) is 1. The standard InChI is InChI=1S/C6H6N2O4/c1-7-5(9)4-2-3(6(10)11)8-12-4/h2H,1H3,(H,7,9)(H,10,11). The topological polar surface area (TPSA) is 92.4 Å². The van der Waals surface area contributed by atoms with E-state index in [0.29, 0.717) is 0 Å². The van der Waals surface area contributed by atoms with E-state index in [0.717, 1.165) is 6.07 Å². The van der Waals surface area contributed by atoms with Gasteiger partial charge in [0.15, 0.2) is 5.69 Å². The lowest BCUT2D eigenvalue weighted by atomic mass is 10.3. The van der Waals surface area contributed by atoms with Crippen LogP contribution >= 0.6 is 0 Å². The van der Waals surface area contributed by atoms with Gasteiger partial charge < -0.3 is 14.9 Å². The number of carbonyl (C=O) groups is 2. The molecule has 0 unspecified atom stereocenters. The molecule has 0 fully saturated rings. The van der Waals surface area contributed by atoms with Gasteiger partial charge in [-0.2, -0.15) is 0 Å². The zero-order chi connectivity index (χ0) is 9.14. The fourth-order valence-corrected chi connectivity index (χ4v) is 0.606. The molecule has 0 aliphatic heterocycles. The lowest BCUT2D eigenvalue weighted by molar-refractivity contribution is 0.0684. The molecule has 2 N–H and O–H groups in total. The Morgan fingerprint density at radius 2 is 2.33 bits per heavy atom. The largest absolute Gasteiger partial charge is 0.476 e. The molecule has 0 atom stereocenters. The van der Waals surface area contributed by atoms with Crippen molar-refractivity contribution in [3.8, 4) is 0 Å². The second kappa shape index (κ2) is 3.04. The van der Waals surface area contributed by atoms with Crippen LogP contribution in [0.3, 0.4) is 0 Å². The fraction of sp³-hybridized carbons (Fsp3) is 0.167. The van der Waals surface area contributed by atoms with Crippen LogP contribution in [0.15, 0.2) is 10.6 Å². The van der Waals surface area contributed by atoms with Crippen LogP contribution in [0.5, 0.6) is 0 Å². The quantitative estimate of drug-likeness (QED) is 0.637. The minimum absolute atomic E-state index is 0.116. The highest BCUT2D eigenvalue weighted by Gasteiger charge is 2.14. The van der Waals surface area contributed by atoms with Crippen molar-refractivity contribution >= 4 is 11.9 Å². The Morgan fingerprint density at radius 1 is 1.67 bits per heavy atom.